The Morgan fingerprint density at radius 1 is 1.00 bits per heavy atom. The quantitative estimate of drug-likeness (QED) is 0.498. The van der Waals surface area contributed by atoms with Crippen LogP contribution in [0.25, 0.3) is 0 Å². The molecule has 4 rings (SSSR count). The van der Waals surface area contributed by atoms with Gasteiger partial charge in [-0.3, -0.25) is 0 Å². The van der Waals surface area contributed by atoms with Crippen LogP contribution in [0.15, 0.2) is 59.5 Å². The molecule has 184 valence electrons. The van der Waals surface area contributed by atoms with Crippen LogP contribution in [-0.4, -0.2) is 39.0 Å². The molecule has 0 aromatic heterocycles. The molecule has 2 aliphatic carbocycles. The minimum absolute atomic E-state index is 0.180. The maximum absolute atomic E-state index is 14.2. The van der Waals surface area contributed by atoms with Gasteiger partial charge in [-0.25, -0.2) is 13.2 Å². The van der Waals surface area contributed by atoms with Crippen LogP contribution >= 0.6 is 0 Å². The van der Waals surface area contributed by atoms with Gasteiger partial charge in [-0.1, -0.05) is 60.9 Å². The summed E-state index contributed by atoms with van der Waals surface area (Å²) in [5, 5.41) is 0. The molecule has 0 heterocycles. The number of alkyl halides is 3. The lowest BCUT2D eigenvalue weighted by Crippen LogP contribution is -2.52. The van der Waals surface area contributed by atoms with Crippen molar-refractivity contribution in [2.75, 3.05) is 13.7 Å². The highest BCUT2D eigenvalue weighted by Gasteiger charge is 2.75. The van der Waals surface area contributed by atoms with E-state index in [1.54, 1.807) is 24.3 Å². The van der Waals surface area contributed by atoms with Crippen molar-refractivity contribution >= 4 is 15.8 Å². The molecule has 2 aromatic rings. The molecule has 0 spiro atoms. The van der Waals surface area contributed by atoms with Crippen molar-refractivity contribution in [1.29, 1.82) is 0 Å². The highest BCUT2D eigenvalue weighted by molar-refractivity contribution is 7.93. The number of ether oxygens (including phenoxy) is 2. The van der Waals surface area contributed by atoms with Crippen LogP contribution in [0, 0.1) is 12.3 Å². The maximum Gasteiger partial charge on any atom is 0.432 e. The first-order valence-corrected chi connectivity index (χ1v) is 12.6. The van der Waals surface area contributed by atoms with Crippen LogP contribution < -0.4 is 0 Å². The van der Waals surface area contributed by atoms with E-state index in [-0.39, 0.29) is 11.3 Å². The topological polar surface area (TPSA) is 69.7 Å². The van der Waals surface area contributed by atoms with E-state index in [1.165, 1.54) is 18.2 Å². The van der Waals surface area contributed by atoms with Gasteiger partial charge in [0.1, 0.15) is 0 Å². The van der Waals surface area contributed by atoms with Gasteiger partial charge in [-0.05, 0) is 38.3 Å². The average molecular weight is 497 g/mol. The number of benzene rings is 2. The summed E-state index contributed by atoms with van der Waals surface area (Å²) in [4.78, 5) is 13.2. The number of fused-ring (bicyclic) bond motifs is 1. The van der Waals surface area contributed by atoms with Crippen molar-refractivity contribution in [3.63, 3.8) is 0 Å². The van der Waals surface area contributed by atoms with Crippen molar-refractivity contribution in [2.24, 2.45) is 5.41 Å². The fraction of sp³-hybridized carbons (Fsp3) is 0.480. The molecule has 3 atom stereocenters. The lowest BCUT2D eigenvalue weighted by atomic mass is 9.88. The third-order valence-corrected chi connectivity index (χ3v) is 10.2. The summed E-state index contributed by atoms with van der Waals surface area (Å²) in [5.74, 6) is -1.60. The maximum atomic E-state index is 14.2. The van der Waals surface area contributed by atoms with Gasteiger partial charge < -0.3 is 9.47 Å². The summed E-state index contributed by atoms with van der Waals surface area (Å²) in [6.45, 7) is 1.44. The minimum atomic E-state index is -5.08. The van der Waals surface area contributed by atoms with Crippen molar-refractivity contribution in [3.8, 4) is 0 Å². The number of esters is 1. The van der Waals surface area contributed by atoms with Crippen LogP contribution in [0.3, 0.4) is 0 Å². The van der Waals surface area contributed by atoms with Gasteiger partial charge in [0.05, 0.1) is 16.2 Å². The zero-order valence-corrected chi connectivity index (χ0v) is 19.8. The van der Waals surface area contributed by atoms with Gasteiger partial charge in [0.15, 0.2) is 9.84 Å². The van der Waals surface area contributed by atoms with E-state index in [9.17, 15) is 26.4 Å². The standard InChI is InChI=1S/C25H27F3O5S/c1-18-10-12-20(13-11-18)34(30,31)23-15-7-6-14-22(23,16-23)17-33-21(29)24(32-2,25(26,27)28)19-8-4-3-5-9-19/h3-5,8-13H,6-7,14-17H2,1-2H3/t22-,23-,24-/m1/s1. The summed E-state index contributed by atoms with van der Waals surface area (Å²) in [6.07, 6.45) is -2.58. The van der Waals surface area contributed by atoms with Gasteiger partial charge in [-0.15, -0.1) is 0 Å². The lowest BCUT2D eigenvalue weighted by molar-refractivity contribution is -0.277. The summed E-state index contributed by atoms with van der Waals surface area (Å²) in [5.41, 5.74) is -3.69. The second-order valence-corrected chi connectivity index (χ2v) is 11.6. The molecule has 5 nitrogen and oxygen atoms in total. The molecule has 0 radical (unpaired) electrons. The number of rotatable bonds is 7. The van der Waals surface area contributed by atoms with Crippen LogP contribution in [0.5, 0.6) is 0 Å². The molecule has 0 N–H and O–H groups in total. The van der Waals surface area contributed by atoms with E-state index < -0.39 is 49.9 Å². The smallest absolute Gasteiger partial charge is 0.432 e. The van der Waals surface area contributed by atoms with E-state index in [0.29, 0.717) is 19.3 Å². The SMILES string of the molecule is CO[C@@](C(=O)OC[C@]12CCCC[C@@]1(S(=O)(=O)c1ccc(C)cc1)C2)(c1ccccc1)C(F)(F)F. The number of hydrogen-bond donors (Lipinski definition) is 0. The van der Waals surface area contributed by atoms with Gasteiger partial charge in [0.25, 0.3) is 5.60 Å². The molecular formula is C25H27F3O5S. The first-order chi connectivity index (χ1) is 16.0. The number of sulfone groups is 1. The van der Waals surface area contributed by atoms with Crippen LogP contribution in [-0.2, 0) is 29.7 Å². The second-order valence-electron chi connectivity index (χ2n) is 9.30. The fourth-order valence-corrected chi connectivity index (χ4v) is 8.01. The van der Waals surface area contributed by atoms with E-state index in [1.807, 2.05) is 6.92 Å². The number of aryl methyl sites for hydroxylation is 1. The molecule has 9 heteroatoms. The minimum Gasteiger partial charge on any atom is -0.462 e. The zero-order valence-electron chi connectivity index (χ0n) is 19.0. The number of methoxy groups -OCH3 is 1. The first kappa shape index (κ1) is 24.7. The predicted molar refractivity (Wildman–Crippen MR) is 119 cm³/mol. The van der Waals surface area contributed by atoms with Crippen molar-refractivity contribution < 1.29 is 35.9 Å². The predicted octanol–water partition coefficient (Wildman–Crippen LogP) is 5.12. The van der Waals surface area contributed by atoms with Crippen molar-refractivity contribution in [1.82, 2.24) is 0 Å². The molecular weight excluding hydrogens is 469 g/mol. The average Bonchev–Trinajstić information content (AvgIpc) is 3.50. The molecule has 0 unspecified atom stereocenters. The first-order valence-electron chi connectivity index (χ1n) is 11.1. The van der Waals surface area contributed by atoms with Crippen LogP contribution in [0.2, 0.25) is 0 Å². The molecule has 2 saturated carbocycles. The summed E-state index contributed by atoms with van der Waals surface area (Å²) < 4.78 is 78.7. The Morgan fingerprint density at radius 3 is 2.21 bits per heavy atom. The Balaban J connectivity index is 1.63. The molecule has 2 aromatic carbocycles. The van der Waals surface area contributed by atoms with E-state index >= 15 is 0 Å². The normalized spacial score (nSPS) is 26.3. The Hall–Kier alpha value is -2.39. The van der Waals surface area contributed by atoms with Gasteiger partial charge in [0.2, 0.25) is 0 Å². The van der Waals surface area contributed by atoms with Crippen LogP contribution in [0.1, 0.15) is 43.2 Å². The number of carbonyl (C=O) groups is 1. The molecule has 0 bridgehead atoms. The third-order valence-electron chi connectivity index (χ3n) is 7.45. The summed E-state index contributed by atoms with van der Waals surface area (Å²) >= 11 is 0. The highest BCUT2D eigenvalue weighted by Crippen LogP contribution is 2.70. The molecule has 0 aliphatic heterocycles. The largest absolute Gasteiger partial charge is 0.462 e. The van der Waals surface area contributed by atoms with E-state index in [4.69, 9.17) is 9.47 Å². The number of halogens is 3. The highest BCUT2D eigenvalue weighted by atomic mass is 32.2. The Kier molecular flexibility index (Phi) is 6.09. The number of hydrogen-bond acceptors (Lipinski definition) is 5. The van der Waals surface area contributed by atoms with Crippen molar-refractivity contribution in [2.45, 2.75) is 60.4 Å². The summed E-state index contributed by atoms with van der Waals surface area (Å²) in [7, 11) is -2.97. The third kappa shape index (κ3) is 3.55. The van der Waals surface area contributed by atoms with E-state index in [0.717, 1.165) is 31.2 Å². The Morgan fingerprint density at radius 2 is 1.62 bits per heavy atom. The molecule has 0 amide bonds. The Bertz CT molecular complexity index is 1160. The van der Waals surface area contributed by atoms with Crippen molar-refractivity contribution in [3.05, 3.63) is 65.7 Å². The molecule has 34 heavy (non-hydrogen) atoms. The molecule has 2 aliphatic rings. The van der Waals surface area contributed by atoms with Crippen LogP contribution in [0.4, 0.5) is 13.2 Å². The van der Waals surface area contributed by atoms with Gasteiger partial charge in [-0.2, -0.15) is 13.2 Å². The fourth-order valence-electron chi connectivity index (χ4n) is 5.45. The number of carbonyl (C=O) groups excluding carboxylic acids is 1. The summed E-state index contributed by atoms with van der Waals surface area (Å²) in [6, 6.07) is 13.1. The molecule has 0 saturated heterocycles. The van der Waals surface area contributed by atoms with E-state index in [2.05, 4.69) is 0 Å². The Labute approximate surface area is 197 Å². The van der Waals surface area contributed by atoms with Gasteiger partial charge in [0, 0.05) is 18.1 Å². The monoisotopic (exact) mass is 496 g/mol. The second kappa shape index (κ2) is 8.37. The van der Waals surface area contributed by atoms with Gasteiger partial charge >= 0.3 is 12.1 Å². The molecule has 2 fully saturated rings. The lowest BCUT2D eigenvalue weighted by Gasteiger charge is -2.34. The zero-order chi connectivity index (χ0) is 24.8.